The highest BCUT2D eigenvalue weighted by Crippen LogP contribution is 2.21. The second-order valence-electron chi connectivity index (χ2n) is 5.45. The molecule has 1 aromatic carbocycles. The van der Waals surface area contributed by atoms with Crippen LogP contribution in [0.1, 0.15) is 30.9 Å². The monoisotopic (exact) mass is 319 g/mol. The van der Waals surface area contributed by atoms with E-state index in [9.17, 15) is 0 Å². The lowest BCUT2D eigenvalue weighted by atomic mass is 10.1. The molecule has 2 aromatic rings. The summed E-state index contributed by atoms with van der Waals surface area (Å²) >= 11 is 3.76. The maximum Gasteiger partial charge on any atom is 0.0164 e. The third kappa shape index (κ3) is 6.25. The molecule has 3 heteroatoms. The zero-order chi connectivity index (χ0) is 14.9. The fraction of sp³-hybridized carbons (Fsp3) is 0.444. The van der Waals surface area contributed by atoms with Crippen molar-refractivity contribution in [1.82, 2.24) is 5.32 Å². The Bertz CT molecular complexity index is 490. The lowest BCUT2D eigenvalue weighted by molar-refractivity contribution is 0.520. The maximum atomic E-state index is 3.70. The number of thioether (sulfide) groups is 1. The number of nitrogens with one attached hydrogen (secondary N) is 1. The lowest BCUT2D eigenvalue weighted by Gasteiger charge is -2.18. The normalized spacial score (nSPS) is 12.5. The first-order valence-electron chi connectivity index (χ1n) is 7.72. The van der Waals surface area contributed by atoms with E-state index in [1.165, 1.54) is 35.3 Å². The van der Waals surface area contributed by atoms with Crippen LogP contribution in [0.4, 0.5) is 0 Å². The molecule has 2 rings (SSSR count). The van der Waals surface area contributed by atoms with Gasteiger partial charge in [-0.15, -0.1) is 11.8 Å². The molecule has 0 saturated carbocycles. The molecule has 1 unspecified atom stereocenters. The van der Waals surface area contributed by atoms with Gasteiger partial charge in [-0.1, -0.05) is 24.6 Å². The summed E-state index contributed by atoms with van der Waals surface area (Å²) in [5, 5.41) is 8.14. The van der Waals surface area contributed by atoms with E-state index < -0.39 is 0 Å². The quantitative estimate of drug-likeness (QED) is 0.642. The van der Waals surface area contributed by atoms with E-state index in [0.29, 0.717) is 6.04 Å². The van der Waals surface area contributed by atoms with Crippen molar-refractivity contribution in [3.05, 3.63) is 52.2 Å². The SMILES string of the molecule is CCCNC(CCc1ccsc1)CSc1ccc(C)cc1. The van der Waals surface area contributed by atoms with Crippen LogP contribution in [0.3, 0.4) is 0 Å². The first-order chi connectivity index (χ1) is 10.3. The van der Waals surface area contributed by atoms with E-state index >= 15 is 0 Å². The number of hydrogen-bond acceptors (Lipinski definition) is 3. The van der Waals surface area contributed by atoms with Crippen LogP contribution < -0.4 is 5.32 Å². The van der Waals surface area contributed by atoms with Crippen molar-refractivity contribution in [2.75, 3.05) is 12.3 Å². The molecule has 0 amide bonds. The zero-order valence-corrected chi connectivity index (χ0v) is 14.6. The third-order valence-corrected chi connectivity index (χ3v) is 5.42. The second-order valence-corrected chi connectivity index (χ2v) is 7.32. The molecule has 0 radical (unpaired) electrons. The number of thiophene rings is 1. The van der Waals surface area contributed by atoms with E-state index in [1.807, 2.05) is 11.8 Å². The van der Waals surface area contributed by atoms with Gasteiger partial charge < -0.3 is 5.32 Å². The Kier molecular flexibility index (Phi) is 7.34. The predicted octanol–water partition coefficient (Wildman–Crippen LogP) is 5.15. The summed E-state index contributed by atoms with van der Waals surface area (Å²) < 4.78 is 0. The van der Waals surface area contributed by atoms with Crippen molar-refractivity contribution in [1.29, 1.82) is 0 Å². The number of rotatable bonds is 9. The molecule has 0 saturated heterocycles. The van der Waals surface area contributed by atoms with Gasteiger partial charge in [-0.05, 0) is 67.3 Å². The maximum absolute atomic E-state index is 3.70. The molecule has 114 valence electrons. The van der Waals surface area contributed by atoms with Crippen LogP contribution in [0, 0.1) is 6.92 Å². The van der Waals surface area contributed by atoms with Gasteiger partial charge >= 0.3 is 0 Å². The lowest BCUT2D eigenvalue weighted by Crippen LogP contribution is -2.32. The Morgan fingerprint density at radius 2 is 2.00 bits per heavy atom. The van der Waals surface area contributed by atoms with Crippen LogP contribution in [0.5, 0.6) is 0 Å². The van der Waals surface area contributed by atoms with Crippen molar-refractivity contribution < 1.29 is 0 Å². The van der Waals surface area contributed by atoms with Gasteiger partial charge in [0.1, 0.15) is 0 Å². The van der Waals surface area contributed by atoms with Crippen LogP contribution in [0.25, 0.3) is 0 Å². The fourth-order valence-corrected chi connectivity index (χ4v) is 3.91. The Labute approximate surface area is 137 Å². The fourth-order valence-electron chi connectivity index (χ4n) is 2.20. The zero-order valence-electron chi connectivity index (χ0n) is 13.0. The van der Waals surface area contributed by atoms with Crippen LogP contribution >= 0.6 is 23.1 Å². The first kappa shape index (κ1) is 16.6. The van der Waals surface area contributed by atoms with Crippen molar-refractivity contribution in [2.45, 2.75) is 44.0 Å². The molecule has 21 heavy (non-hydrogen) atoms. The van der Waals surface area contributed by atoms with E-state index in [4.69, 9.17) is 0 Å². The van der Waals surface area contributed by atoms with Crippen molar-refractivity contribution in [2.24, 2.45) is 0 Å². The molecular weight excluding hydrogens is 294 g/mol. The van der Waals surface area contributed by atoms with Gasteiger partial charge in [0, 0.05) is 16.7 Å². The van der Waals surface area contributed by atoms with E-state index in [0.717, 1.165) is 12.3 Å². The van der Waals surface area contributed by atoms with Crippen molar-refractivity contribution >= 4 is 23.1 Å². The number of benzene rings is 1. The van der Waals surface area contributed by atoms with Gasteiger partial charge in [-0.3, -0.25) is 0 Å². The van der Waals surface area contributed by atoms with Gasteiger partial charge in [0.2, 0.25) is 0 Å². The molecule has 1 atom stereocenters. The molecule has 0 aliphatic carbocycles. The summed E-state index contributed by atoms with van der Waals surface area (Å²) in [6.07, 6.45) is 3.60. The summed E-state index contributed by atoms with van der Waals surface area (Å²) in [6.45, 7) is 5.49. The molecule has 0 spiro atoms. The first-order valence-corrected chi connectivity index (χ1v) is 9.64. The minimum absolute atomic E-state index is 0.594. The Morgan fingerprint density at radius 3 is 2.67 bits per heavy atom. The minimum atomic E-state index is 0.594. The highest BCUT2D eigenvalue weighted by molar-refractivity contribution is 7.99. The Hall–Kier alpha value is -0.770. The topological polar surface area (TPSA) is 12.0 Å². The minimum Gasteiger partial charge on any atom is -0.313 e. The molecule has 1 N–H and O–H groups in total. The van der Waals surface area contributed by atoms with Gasteiger partial charge in [-0.25, -0.2) is 0 Å². The summed E-state index contributed by atoms with van der Waals surface area (Å²) in [6, 6.07) is 11.7. The molecule has 1 nitrogen and oxygen atoms in total. The number of aryl methyl sites for hydroxylation is 2. The molecule has 1 aromatic heterocycles. The van der Waals surface area contributed by atoms with Crippen molar-refractivity contribution in [3.63, 3.8) is 0 Å². The van der Waals surface area contributed by atoms with Crippen LogP contribution in [-0.4, -0.2) is 18.3 Å². The van der Waals surface area contributed by atoms with E-state index in [1.54, 1.807) is 11.3 Å². The Morgan fingerprint density at radius 1 is 1.19 bits per heavy atom. The van der Waals surface area contributed by atoms with Gasteiger partial charge in [-0.2, -0.15) is 11.3 Å². The van der Waals surface area contributed by atoms with E-state index in [2.05, 4.69) is 60.3 Å². The van der Waals surface area contributed by atoms with Gasteiger partial charge in [0.15, 0.2) is 0 Å². The summed E-state index contributed by atoms with van der Waals surface area (Å²) in [5.41, 5.74) is 2.81. The van der Waals surface area contributed by atoms with Gasteiger partial charge in [0.25, 0.3) is 0 Å². The van der Waals surface area contributed by atoms with E-state index in [-0.39, 0.29) is 0 Å². The second kappa shape index (κ2) is 9.29. The highest BCUT2D eigenvalue weighted by atomic mass is 32.2. The predicted molar refractivity (Wildman–Crippen MR) is 96.6 cm³/mol. The standard InChI is InChI=1S/C18H25NS2/c1-3-11-19-17(7-6-16-10-12-20-13-16)14-21-18-8-4-15(2)5-9-18/h4-5,8-10,12-13,17,19H,3,6-7,11,14H2,1-2H3. The smallest absolute Gasteiger partial charge is 0.0164 e. The summed E-state index contributed by atoms with van der Waals surface area (Å²) in [5.74, 6) is 1.15. The Balaban J connectivity index is 1.81. The van der Waals surface area contributed by atoms with Gasteiger partial charge in [0.05, 0.1) is 0 Å². The summed E-state index contributed by atoms with van der Waals surface area (Å²) in [7, 11) is 0. The molecule has 0 aliphatic heterocycles. The third-order valence-electron chi connectivity index (χ3n) is 3.52. The van der Waals surface area contributed by atoms with Crippen LogP contribution in [0.2, 0.25) is 0 Å². The average molecular weight is 320 g/mol. The van der Waals surface area contributed by atoms with Crippen LogP contribution in [-0.2, 0) is 6.42 Å². The largest absolute Gasteiger partial charge is 0.313 e. The molecule has 0 bridgehead atoms. The number of hydrogen-bond donors (Lipinski definition) is 1. The highest BCUT2D eigenvalue weighted by Gasteiger charge is 2.09. The molecule has 0 aliphatic rings. The van der Waals surface area contributed by atoms with Crippen molar-refractivity contribution in [3.8, 4) is 0 Å². The molecular formula is C18H25NS2. The molecule has 0 fully saturated rings. The summed E-state index contributed by atoms with van der Waals surface area (Å²) in [4.78, 5) is 1.37. The van der Waals surface area contributed by atoms with Crippen LogP contribution in [0.15, 0.2) is 46.0 Å². The average Bonchev–Trinajstić information content (AvgIpc) is 3.01. The molecule has 1 heterocycles.